The highest BCUT2D eigenvalue weighted by atomic mass is 16.5. The van der Waals surface area contributed by atoms with Crippen LogP contribution in [-0.2, 0) is 4.74 Å². The highest BCUT2D eigenvalue weighted by Gasteiger charge is 2.42. The Morgan fingerprint density at radius 1 is 1.21 bits per heavy atom. The van der Waals surface area contributed by atoms with Gasteiger partial charge in [-0.1, -0.05) is 12.1 Å². The number of aryl methyl sites for hydroxylation is 1. The molecule has 4 rings (SSSR count). The quantitative estimate of drug-likeness (QED) is 0.671. The molecule has 1 aromatic heterocycles. The summed E-state index contributed by atoms with van der Waals surface area (Å²) in [5.74, 6) is 0.128. The molecule has 2 aromatic carbocycles. The maximum absolute atomic E-state index is 13.2. The van der Waals surface area contributed by atoms with Crippen LogP contribution in [0.15, 0.2) is 48.5 Å². The zero-order valence-electron chi connectivity index (χ0n) is 16.4. The van der Waals surface area contributed by atoms with Gasteiger partial charge in [0.1, 0.15) is 5.75 Å². The molecule has 1 N–H and O–H groups in total. The molecule has 1 amide bonds. The van der Waals surface area contributed by atoms with Crippen LogP contribution in [-0.4, -0.2) is 35.8 Å². The van der Waals surface area contributed by atoms with Crippen molar-refractivity contribution in [3.05, 3.63) is 76.6 Å². The van der Waals surface area contributed by atoms with Crippen molar-refractivity contribution in [3.63, 3.8) is 0 Å². The van der Waals surface area contributed by atoms with Crippen molar-refractivity contribution in [1.29, 1.82) is 0 Å². The first-order valence-corrected chi connectivity index (χ1v) is 9.34. The first kappa shape index (κ1) is 18.7. The Kier molecular flexibility index (Phi) is 4.80. The van der Waals surface area contributed by atoms with Gasteiger partial charge in [-0.15, -0.1) is 0 Å². The summed E-state index contributed by atoms with van der Waals surface area (Å²) in [4.78, 5) is 26.8. The van der Waals surface area contributed by atoms with E-state index in [9.17, 15) is 9.59 Å². The van der Waals surface area contributed by atoms with Gasteiger partial charge in [0.25, 0.3) is 5.91 Å². The number of nitrogens with one attached hydrogen (secondary N) is 1. The molecule has 0 saturated heterocycles. The summed E-state index contributed by atoms with van der Waals surface area (Å²) in [7, 11) is 1.61. The fourth-order valence-electron chi connectivity index (χ4n) is 3.66. The Hall–Kier alpha value is -3.61. The van der Waals surface area contributed by atoms with Crippen LogP contribution in [0.4, 0.5) is 5.69 Å². The Morgan fingerprint density at radius 3 is 2.66 bits per heavy atom. The van der Waals surface area contributed by atoms with Gasteiger partial charge in [0.15, 0.2) is 5.69 Å². The largest absolute Gasteiger partial charge is 0.497 e. The van der Waals surface area contributed by atoms with E-state index >= 15 is 0 Å². The van der Waals surface area contributed by atoms with Crippen LogP contribution in [0, 0.1) is 6.92 Å². The maximum atomic E-state index is 13.2. The molecule has 7 nitrogen and oxygen atoms in total. The smallest absolute Gasteiger partial charge is 0.338 e. The van der Waals surface area contributed by atoms with Crippen LogP contribution in [0.5, 0.6) is 5.75 Å². The third-order valence-corrected chi connectivity index (χ3v) is 5.01. The van der Waals surface area contributed by atoms with Crippen molar-refractivity contribution >= 4 is 17.6 Å². The van der Waals surface area contributed by atoms with Crippen LogP contribution < -0.4 is 9.64 Å². The van der Waals surface area contributed by atoms with E-state index in [1.165, 1.54) is 0 Å². The number of carbonyl (C=O) groups is 2. The van der Waals surface area contributed by atoms with Crippen molar-refractivity contribution in [3.8, 4) is 5.75 Å². The summed E-state index contributed by atoms with van der Waals surface area (Å²) >= 11 is 0. The number of nitrogens with zero attached hydrogens (tertiary/aromatic N) is 2. The number of H-pyrrole nitrogens is 1. The molecule has 1 aliphatic heterocycles. The summed E-state index contributed by atoms with van der Waals surface area (Å²) in [6.45, 7) is 3.97. The number of anilines is 1. The first-order valence-electron chi connectivity index (χ1n) is 9.34. The van der Waals surface area contributed by atoms with Gasteiger partial charge < -0.3 is 9.47 Å². The summed E-state index contributed by atoms with van der Waals surface area (Å²) in [5.41, 5.74) is 4.12. The number of aromatic nitrogens is 2. The molecule has 2 heterocycles. The van der Waals surface area contributed by atoms with Crippen molar-refractivity contribution in [2.75, 3.05) is 18.6 Å². The summed E-state index contributed by atoms with van der Waals surface area (Å²) in [6, 6.07) is 14.1. The molecule has 0 saturated carbocycles. The Bertz CT molecular complexity index is 1070. The van der Waals surface area contributed by atoms with Gasteiger partial charge in [-0.3, -0.25) is 14.8 Å². The molecule has 0 radical (unpaired) electrons. The van der Waals surface area contributed by atoms with Gasteiger partial charge in [-0.25, -0.2) is 4.79 Å². The van der Waals surface area contributed by atoms with Gasteiger partial charge in [-0.2, -0.15) is 5.10 Å². The zero-order valence-corrected chi connectivity index (χ0v) is 16.4. The Balaban J connectivity index is 1.79. The predicted octanol–water partition coefficient (Wildman–Crippen LogP) is 3.65. The van der Waals surface area contributed by atoms with Gasteiger partial charge in [0, 0.05) is 16.9 Å². The first-order chi connectivity index (χ1) is 14.0. The van der Waals surface area contributed by atoms with Crippen molar-refractivity contribution < 1.29 is 19.1 Å². The van der Waals surface area contributed by atoms with E-state index in [1.807, 2.05) is 31.2 Å². The van der Waals surface area contributed by atoms with E-state index in [0.717, 1.165) is 16.8 Å². The normalized spacial score (nSPS) is 15.3. The number of carbonyl (C=O) groups excluding carboxylic acids is 2. The number of esters is 1. The molecule has 1 aliphatic rings. The van der Waals surface area contributed by atoms with Crippen LogP contribution >= 0.6 is 0 Å². The maximum Gasteiger partial charge on any atom is 0.338 e. The molecule has 3 aromatic rings. The summed E-state index contributed by atoms with van der Waals surface area (Å²) in [5, 5.41) is 7.14. The molecule has 0 spiro atoms. The minimum absolute atomic E-state index is 0.193. The molecule has 148 valence electrons. The SMILES string of the molecule is CCOC(=O)c1ccc(N2C(=O)c3n[nH]c(C)c3C2c2cccc(OC)c2)cc1. The number of hydrogen-bond donors (Lipinski definition) is 1. The number of hydrogen-bond acceptors (Lipinski definition) is 5. The van der Waals surface area contributed by atoms with E-state index in [-0.39, 0.29) is 17.9 Å². The molecule has 29 heavy (non-hydrogen) atoms. The predicted molar refractivity (Wildman–Crippen MR) is 107 cm³/mol. The minimum Gasteiger partial charge on any atom is -0.497 e. The summed E-state index contributed by atoms with van der Waals surface area (Å²) < 4.78 is 10.4. The molecule has 0 bridgehead atoms. The number of amides is 1. The number of aromatic amines is 1. The van der Waals surface area contributed by atoms with Gasteiger partial charge in [0.2, 0.25) is 0 Å². The van der Waals surface area contributed by atoms with E-state index in [0.29, 0.717) is 29.3 Å². The van der Waals surface area contributed by atoms with Crippen LogP contribution in [0.25, 0.3) is 0 Å². The Labute approximate surface area is 168 Å². The van der Waals surface area contributed by atoms with Gasteiger partial charge in [-0.05, 0) is 55.8 Å². The second-order valence-electron chi connectivity index (χ2n) is 6.73. The fourth-order valence-corrected chi connectivity index (χ4v) is 3.66. The third-order valence-electron chi connectivity index (χ3n) is 5.01. The lowest BCUT2D eigenvalue weighted by atomic mass is 9.98. The lowest BCUT2D eigenvalue weighted by molar-refractivity contribution is 0.0526. The number of fused-ring (bicyclic) bond motifs is 1. The second kappa shape index (κ2) is 7.43. The number of ether oxygens (including phenoxy) is 2. The number of methoxy groups -OCH3 is 1. The van der Waals surface area contributed by atoms with E-state index in [4.69, 9.17) is 9.47 Å². The fraction of sp³-hybridized carbons (Fsp3) is 0.227. The Morgan fingerprint density at radius 2 is 1.97 bits per heavy atom. The highest BCUT2D eigenvalue weighted by Crippen LogP contribution is 2.42. The van der Waals surface area contributed by atoms with Gasteiger partial charge in [0.05, 0.1) is 25.3 Å². The van der Waals surface area contributed by atoms with Crippen molar-refractivity contribution in [1.82, 2.24) is 10.2 Å². The van der Waals surface area contributed by atoms with Crippen LogP contribution in [0.2, 0.25) is 0 Å². The standard InChI is InChI=1S/C22H21N3O4/c1-4-29-22(27)14-8-10-16(11-9-14)25-20(15-6-5-7-17(12-15)28-3)18-13(2)23-24-19(18)21(25)26/h5-12,20H,4H2,1-3H3,(H,23,24). The minimum atomic E-state index is -0.389. The van der Waals surface area contributed by atoms with Crippen LogP contribution in [0.3, 0.4) is 0 Å². The number of benzene rings is 2. The average molecular weight is 391 g/mol. The van der Waals surface area contributed by atoms with Crippen molar-refractivity contribution in [2.24, 2.45) is 0 Å². The lowest BCUT2D eigenvalue weighted by Crippen LogP contribution is -2.29. The molecular weight excluding hydrogens is 370 g/mol. The second-order valence-corrected chi connectivity index (χ2v) is 6.73. The topological polar surface area (TPSA) is 84.5 Å². The van der Waals surface area contributed by atoms with Gasteiger partial charge >= 0.3 is 5.97 Å². The van der Waals surface area contributed by atoms with Crippen molar-refractivity contribution in [2.45, 2.75) is 19.9 Å². The molecule has 1 unspecified atom stereocenters. The number of rotatable bonds is 5. The molecule has 7 heteroatoms. The highest BCUT2D eigenvalue weighted by molar-refractivity contribution is 6.10. The van der Waals surface area contributed by atoms with E-state index in [1.54, 1.807) is 43.2 Å². The molecule has 0 aliphatic carbocycles. The third kappa shape index (κ3) is 3.14. The monoisotopic (exact) mass is 391 g/mol. The van der Waals surface area contributed by atoms with E-state index < -0.39 is 0 Å². The molecular formula is C22H21N3O4. The average Bonchev–Trinajstić information content (AvgIpc) is 3.26. The van der Waals surface area contributed by atoms with Crippen LogP contribution in [0.1, 0.15) is 50.6 Å². The summed E-state index contributed by atoms with van der Waals surface area (Å²) in [6.07, 6.45) is 0. The lowest BCUT2D eigenvalue weighted by Gasteiger charge is -2.26. The van der Waals surface area contributed by atoms with E-state index in [2.05, 4.69) is 10.2 Å². The molecule has 0 fully saturated rings. The zero-order chi connectivity index (χ0) is 20.5. The molecule has 1 atom stereocenters.